The Bertz CT molecular complexity index is 886. The quantitative estimate of drug-likeness (QED) is 0.806. The molecule has 3 aromatic rings. The van der Waals surface area contributed by atoms with Crippen molar-refractivity contribution in [1.29, 1.82) is 0 Å². The van der Waals surface area contributed by atoms with E-state index in [2.05, 4.69) is 33.4 Å². The summed E-state index contributed by atoms with van der Waals surface area (Å²) in [5.74, 6) is 2.56. The largest absolute Gasteiger partial charge is 0.496 e. The van der Waals surface area contributed by atoms with E-state index < -0.39 is 0 Å². The van der Waals surface area contributed by atoms with Crippen LogP contribution in [0.5, 0.6) is 5.75 Å². The first-order valence-corrected chi connectivity index (χ1v) is 7.78. The van der Waals surface area contributed by atoms with Gasteiger partial charge < -0.3 is 10.1 Å². The fourth-order valence-electron chi connectivity index (χ4n) is 3.33. The molecule has 118 valence electrons. The van der Waals surface area contributed by atoms with Gasteiger partial charge in [0.25, 0.3) is 5.78 Å². The molecule has 0 bridgehead atoms. The monoisotopic (exact) mass is 309 g/mol. The van der Waals surface area contributed by atoms with E-state index in [1.165, 1.54) is 17.5 Å². The molecule has 0 amide bonds. The van der Waals surface area contributed by atoms with Crippen LogP contribution in [-0.4, -0.2) is 26.7 Å². The highest BCUT2D eigenvalue weighted by Gasteiger charge is 2.26. The van der Waals surface area contributed by atoms with E-state index in [1.807, 2.05) is 19.1 Å². The summed E-state index contributed by atoms with van der Waals surface area (Å²) >= 11 is 0. The average Bonchev–Trinajstić information content (AvgIpc) is 3.18. The zero-order valence-electron chi connectivity index (χ0n) is 13.5. The molecule has 2 heterocycles. The van der Waals surface area contributed by atoms with Gasteiger partial charge in [-0.2, -0.15) is 14.6 Å². The summed E-state index contributed by atoms with van der Waals surface area (Å²) in [6.07, 6.45) is 3.59. The minimum absolute atomic E-state index is 0.244. The Morgan fingerprint density at radius 3 is 3.00 bits per heavy atom. The number of nitrogens with one attached hydrogen (secondary N) is 1. The number of ether oxygens (including phenoxy) is 1. The zero-order chi connectivity index (χ0) is 16.0. The molecule has 1 unspecified atom stereocenters. The Morgan fingerprint density at radius 1 is 1.30 bits per heavy atom. The Labute approximate surface area is 134 Å². The molecular weight excluding hydrogens is 290 g/mol. The summed E-state index contributed by atoms with van der Waals surface area (Å²) in [5, 5.41) is 7.96. The molecule has 6 heteroatoms. The number of nitrogens with zero attached hydrogens (tertiary/aromatic N) is 4. The molecule has 1 aromatic carbocycles. The van der Waals surface area contributed by atoms with Gasteiger partial charge in [0.2, 0.25) is 0 Å². The van der Waals surface area contributed by atoms with Crippen molar-refractivity contribution in [3.05, 3.63) is 46.9 Å². The maximum Gasteiger partial charge on any atom is 0.254 e. The molecule has 6 nitrogen and oxygen atoms in total. The molecule has 23 heavy (non-hydrogen) atoms. The molecular formula is C17H19N5O. The maximum atomic E-state index is 5.49. The molecule has 1 aliphatic rings. The van der Waals surface area contributed by atoms with Crippen LogP contribution in [-0.2, 0) is 6.42 Å². The lowest BCUT2D eigenvalue weighted by Gasteiger charge is -2.19. The molecule has 1 N–H and O–H groups in total. The second kappa shape index (κ2) is 5.22. The van der Waals surface area contributed by atoms with Gasteiger partial charge in [-0.3, -0.25) is 0 Å². The van der Waals surface area contributed by atoms with Crippen molar-refractivity contribution in [3.63, 3.8) is 0 Å². The van der Waals surface area contributed by atoms with Crippen LogP contribution in [0.25, 0.3) is 5.78 Å². The van der Waals surface area contributed by atoms with Gasteiger partial charge in [-0.25, -0.2) is 4.98 Å². The van der Waals surface area contributed by atoms with Crippen molar-refractivity contribution in [2.45, 2.75) is 32.7 Å². The van der Waals surface area contributed by atoms with Gasteiger partial charge >= 0.3 is 0 Å². The van der Waals surface area contributed by atoms with Crippen molar-refractivity contribution in [3.8, 4) is 5.75 Å². The van der Waals surface area contributed by atoms with Gasteiger partial charge in [-0.1, -0.05) is 12.1 Å². The van der Waals surface area contributed by atoms with Gasteiger partial charge in [0.15, 0.2) is 0 Å². The van der Waals surface area contributed by atoms with Crippen molar-refractivity contribution in [1.82, 2.24) is 19.6 Å². The third kappa shape index (κ3) is 2.13. The Balaban J connectivity index is 1.77. The van der Waals surface area contributed by atoms with E-state index in [9.17, 15) is 0 Å². The van der Waals surface area contributed by atoms with Crippen LogP contribution in [0.1, 0.15) is 34.8 Å². The summed E-state index contributed by atoms with van der Waals surface area (Å²) in [5.41, 5.74) is 4.66. The van der Waals surface area contributed by atoms with E-state index in [4.69, 9.17) is 4.74 Å². The van der Waals surface area contributed by atoms with Gasteiger partial charge in [-0.15, -0.1) is 0 Å². The minimum Gasteiger partial charge on any atom is -0.496 e. The number of hydrogen-bond acceptors (Lipinski definition) is 5. The molecule has 0 saturated carbocycles. The Morgan fingerprint density at radius 2 is 2.17 bits per heavy atom. The topological polar surface area (TPSA) is 64.3 Å². The van der Waals surface area contributed by atoms with Crippen LogP contribution in [0.3, 0.4) is 0 Å². The van der Waals surface area contributed by atoms with E-state index in [0.29, 0.717) is 5.78 Å². The number of hydrogen-bond donors (Lipinski definition) is 1. The smallest absolute Gasteiger partial charge is 0.254 e. The Kier molecular flexibility index (Phi) is 3.18. The first kappa shape index (κ1) is 14.0. The number of anilines is 1. The molecule has 0 spiro atoms. The number of aromatic nitrogens is 4. The first-order chi connectivity index (χ1) is 11.2. The van der Waals surface area contributed by atoms with Gasteiger partial charge in [0.1, 0.15) is 17.9 Å². The molecule has 0 radical (unpaired) electrons. The second-order valence-corrected chi connectivity index (χ2v) is 5.91. The molecule has 0 fully saturated rings. The normalized spacial score (nSPS) is 16.6. The number of aryl methyl sites for hydroxylation is 1. The highest BCUT2D eigenvalue weighted by atomic mass is 16.5. The fourth-order valence-corrected chi connectivity index (χ4v) is 3.33. The lowest BCUT2D eigenvalue weighted by molar-refractivity contribution is 0.410. The van der Waals surface area contributed by atoms with Crippen molar-refractivity contribution >= 4 is 11.6 Å². The van der Waals surface area contributed by atoms with Gasteiger partial charge in [0, 0.05) is 11.3 Å². The van der Waals surface area contributed by atoms with Crippen LogP contribution in [0.15, 0.2) is 24.5 Å². The van der Waals surface area contributed by atoms with E-state index in [0.717, 1.165) is 35.7 Å². The summed E-state index contributed by atoms with van der Waals surface area (Å²) in [6.45, 7) is 4.06. The molecule has 0 saturated heterocycles. The number of rotatable bonds is 3. The summed E-state index contributed by atoms with van der Waals surface area (Å²) in [6, 6.07) is 6.49. The van der Waals surface area contributed by atoms with E-state index >= 15 is 0 Å². The molecule has 0 aliphatic heterocycles. The van der Waals surface area contributed by atoms with Crippen LogP contribution >= 0.6 is 0 Å². The molecule has 1 atom stereocenters. The Hall–Kier alpha value is -2.63. The fraction of sp³-hybridized carbons (Fsp3) is 0.353. The summed E-state index contributed by atoms with van der Waals surface area (Å²) in [7, 11) is 1.73. The average molecular weight is 309 g/mol. The van der Waals surface area contributed by atoms with Crippen LogP contribution in [0, 0.1) is 13.8 Å². The number of fused-ring (bicyclic) bond motifs is 2. The SMILES string of the molecule is COc1cccc2c1CCC2Nc1c(C)c(C)nc2ncnn12. The third-order valence-electron chi connectivity index (χ3n) is 4.67. The lowest BCUT2D eigenvalue weighted by atomic mass is 10.1. The van der Waals surface area contributed by atoms with Crippen LogP contribution in [0.2, 0.25) is 0 Å². The van der Waals surface area contributed by atoms with Crippen molar-refractivity contribution < 1.29 is 4.74 Å². The lowest BCUT2D eigenvalue weighted by Crippen LogP contribution is -2.14. The van der Waals surface area contributed by atoms with E-state index in [-0.39, 0.29) is 6.04 Å². The maximum absolute atomic E-state index is 5.49. The summed E-state index contributed by atoms with van der Waals surface area (Å²) < 4.78 is 7.27. The van der Waals surface area contributed by atoms with Gasteiger partial charge in [0.05, 0.1) is 13.2 Å². The minimum atomic E-state index is 0.244. The van der Waals surface area contributed by atoms with Crippen LogP contribution in [0.4, 0.5) is 5.82 Å². The zero-order valence-corrected chi connectivity index (χ0v) is 13.5. The van der Waals surface area contributed by atoms with E-state index in [1.54, 1.807) is 11.6 Å². The molecule has 2 aromatic heterocycles. The third-order valence-corrected chi connectivity index (χ3v) is 4.67. The van der Waals surface area contributed by atoms with Gasteiger partial charge in [-0.05, 0) is 43.9 Å². The standard InChI is InChI=1S/C17H19N5O/c1-10-11(2)20-17-18-9-19-22(17)16(10)21-14-8-7-13-12(14)5-4-6-15(13)23-3/h4-6,9,14,21H,7-8H2,1-3H3. The summed E-state index contributed by atoms with van der Waals surface area (Å²) in [4.78, 5) is 8.68. The molecule has 4 rings (SSSR count). The highest BCUT2D eigenvalue weighted by Crippen LogP contribution is 2.39. The predicted molar refractivity (Wildman–Crippen MR) is 87.9 cm³/mol. The molecule has 1 aliphatic carbocycles. The highest BCUT2D eigenvalue weighted by molar-refractivity contribution is 5.55. The number of benzene rings is 1. The van der Waals surface area contributed by atoms with Crippen LogP contribution < -0.4 is 10.1 Å². The van der Waals surface area contributed by atoms with Crippen molar-refractivity contribution in [2.75, 3.05) is 12.4 Å². The second-order valence-electron chi connectivity index (χ2n) is 5.91. The number of methoxy groups -OCH3 is 1. The first-order valence-electron chi connectivity index (χ1n) is 7.78. The predicted octanol–water partition coefficient (Wildman–Crippen LogP) is 2.85. The van der Waals surface area contributed by atoms with Crippen molar-refractivity contribution in [2.24, 2.45) is 0 Å².